The van der Waals surface area contributed by atoms with E-state index >= 15 is 0 Å². The molecular formula is C22H22N4O2. The molecule has 3 heterocycles. The van der Waals surface area contributed by atoms with Gasteiger partial charge < -0.3 is 9.88 Å². The van der Waals surface area contributed by atoms with Crippen LogP contribution in [0, 0.1) is 0 Å². The average Bonchev–Trinajstić information content (AvgIpc) is 3.23. The van der Waals surface area contributed by atoms with Crippen LogP contribution in [-0.4, -0.2) is 38.8 Å². The van der Waals surface area contributed by atoms with Gasteiger partial charge in [0.2, 0.25) is 5.91 Å². The number of nitrogens with one attached hydrogen (secondary N) is 1. The lowest BCUT2D eigenvalue weighted by Crippen LogP contribution is -2.28. The van der Waals surface area contributed by atoms with E-state index in [4.69, 9.17) is 0 Å². The van der Waals surface area contributed by atoms with Crippen molar-refractivity contribution < 1.29 is 4.79 Å². The van der Waals surface area contributed by atoms with Gasteiger partial charge in [-0.25, -0.2) is 4.98 Å². The molecule has 0 saturated carbocycles. The molecule has 1 aliphatic heterocycles. The van der Waals surface area contributed by atoms with E-state index in [-0.39, 0.29) is 17.4 Å². The fourth-order valence-corrected chi connectivity index (χ4v) is 3.61. The van der Waals surface area contributed by atoms with Gasteiger partial charge in [0.1, 0.15) is 5.82 Å². The van der Waals surface area contributed by atoms with E-state index in [0.29, 0.717) is 25.3 Å². The van der Waals surface area contributed by atoms with Crippen molar-refractivity contribution in [2.75, 3.05) is 13.1 Å². The maximum atomic E-state index is 12.6. The Balaban J connectivity index is 1.43. The molecule has 28 heavy (non-hydrogen) atoms. The highest BCUT2D eigenvalue weighted by Gasteiger charge is 2.28. The first-order valence-corrected chi connectivity index (χ1v) is 9.52. The number of nitrogens with zero attached hydrogens (tertiary/aromatic N) is 3. The van der Waals surface area contributed by atoms with Crippen molar-refractivity contribution >= 4 is 5.91 Å². The summed E-state index contributed by atoms with van der Waals surface area (Å²) < 4.78 is 0. The number of likely N-dealkylation sites (tertiary alicyclic amines) is 1. The highest BCUT2D eigenvalue weighted by atomic mass is 16.2. The minimum absolute atomic E-state index is 0.0866. The standard InChI is InChI=1S/C22H22N4O2/c27-20-14-19(24-22(25-20)17-8-11-23-12-9-17)18-10-13-26(15-18)21(28)7-6-16-4-2-1-3-5-16/h1-5,8-9,11-12,14,18H,6-7,10,13,15H2,(H,24,25,27)/t18-/m0/s1. The lowest BCUT2D eigenvalue weighted by molar-refractivity contribution is -0.130. The number of aromatic nitrogens is 3. The Bertz CT molecular complexity index is 1000. The van der Waals surface area contributed by atoms with Crippen LogP contribution in [0.3, 0.4) is 0 Å². The number of amides is 1. The lowest BCUT2D eigenvalue weighted by Gasteiger charge is -2.16. The second-order valence-corrected chi connectivity index (χ2v) is 7.07. The highest BCUT2D eigenvalue weighted by Crippen LogP contribution is 2.27. The second kappa shape index (κ2) is 8.17. The topological polar surface area (TPSA) is 79.0 Å². The molecule has 1 aromatic carbocycles. The number of carbonyl (C=O) groups is 1. The first-order chi connectivity index (χ1) is 13.7. The van der Waals surface area contributed by atoms with Crippen LogP contribution in [0.25, 0.3) is 11.4 Å². The summed E-state index contributed by atoms with van der Waals surface area (Å²) in [6.07, 6.45) is 5.41. The minimum Gasteiger partial charge on any atom is -0.342 e. The summed E-state index contributed by atoms with van der Waals surface area (Å²) in [6, 6.07) is 15.2. The van der Waals surface area contributed by atoms with Gasteiger partial charge in [-0.15, -0.1) is 0 Å². The number of carbonyl (C=O) groups excluding carboxylic acids is 1. The van der Waals surface area contributed by atoms with Gasteiger partial charge in [0, 0.05) is 49.5 Å². The number of benzene rings is 1. The van der Waals surface area contributed by atoms with Crippen molar-refractivity contribution in [3.8, 4) is 11.4 Å². The van der Waals surface area contributed by atoms with Crippen molar-refractivity contribution in [1.29, 1.82) is 0 Å². The third kappa shape index (κ3) is 4.17. The molecule has 6 nitrogen and oxygen atoms in total. The number of hydrogen-bond donors (Lipinski definition) is 1. The summed E-state index contributed by atoms with van der Waals surface area (Å²) in [5.74, 6) is 0.785. The molecule has 1 amide bonds. The molecule has 0 unspecified atom stereocenters. The minimum atomic E-state index is -0.175. The van der Waals surface area contributed by atoms with E-state index in [1.54, 1.807) is 18.5 Å². The van der Waals surface area contributed by atoms with Gasteiger partial charge in [-0.2, -0.15) is 0 Å². The molecule has 0 bridgehead atoms. The predicted octanol–water partition coefficient (Wildman–Crippen LogP) is 2.78. The van der Waals surface area contributed by atoms with E-state index in [9.17, 15) is 9.59 Å². The number of rotatable bonds is 5. The van der Waals surface area contributed by atoms with Gasteiger partial charge in [0.05, 0.1) is 5.69 Å². The largest absolute Gasteiger partial charge is 0.342 e. The summed E-state index contributed by atoms with van der Waals surface area (Å²) in [7, 11) is 0. The zero-order valence-electron chi connectivity index (χ0n) is 15.5. The first-order valence-electron chi connectivity index (χ1n) is 9.52. The quantitative estimate of drug-likeness (QED) is 0.745. The average molecular weight is 374 g/mol. The molecule has 0 radical (unpaired) electrons. The molecule has 4 rings (SSSR count). The molecule has 1 saturated heterocycles. The van der Waals surface area contributed by atoms with Crippen LogP contribution in [0.2, 0.25) is 0 Å². The summed E-state index contributed by atoms with van der Waals surface area (Å²) in [5.41, 5.74) is 2.56. The molecule has 3 aromatic rings. The maximum Gasteiger partial charge on any atom is 0.251 e. The zero-order chi connectivity index (χ0) is 19.3. The number of H-pyrrole nitrogens is 1. The predicted molar refractivity (Wildman–Crippen MR) is 107 cm³/mol. The van der Waals surface area contributed by atoms with Crippen LogP contribution in [0.4, 0.5) is 0 Å². The maximum absolute atomic E-state index is 12.6. The van der Waals surface area contributed by atoms with E-state index in [1.807, 2.05) is 47.4 Å². The van der Waals surface area contributed by atoms with Crippen LogP contribution in [0.15, 0.2) is 65.7 Å². The van der Waals surface area contributed by atoms with Gasteiger partial charge in [-0.1, -0.05) is 30.3 Å². The Morgan fingerprint density at radius 1 is 1.14 bits per heavy atom. The second-order valence-electron chi connectivity index (χ2n) is 7.07. The summed E-state index contributed by atoms with van der Waals surface area (Å²) >= 11 is 0. The van der Waals surface area contributed by atoms with Crippen molar-refractivity contribution in [1.82, 2.24) is 19.9 Å². The van der Waals surface area contributed by atoms with E-state index in [1.165, 1.54) is 5.56 Å². The Hall–Kier alpha value is -3.28. The van der Waals surface area contributed by atoms with Gasteiger partial charge in [0.25, 0.3) is 5.56 Å². The van der Waals surface area contributed by atoms with E-state index < -0.39 is 0 Å². The molecule has 1 N–H and O–H groups in total. The summed E-state index contributed by atoms with van der Waals surface area (Å²) in [4.78, 5) is 38.0. The van der Waals surface area contributed by atoms with Crippen LogP contribution < -0.4 is 5.56 Å². The molecule has 0 aliphatic carbocycles. The zero-order valence-corrected chi connectivity index (χ0v) is 15.5. The molecule has 1 fully saturated rings. The monoisotopic (exact) mass is 374 g/mol. The fraction of sp³-hybridized carbons (Fsp3) is 0.273. The van der Waals surface area contributed by atoms with Crippen LogP contribution in [-0.2, 0) is 11.2 Å². The van der Waals surface area contributed by atoms with Crippen molar-refractivity contribution in [2.24, 2.45) is 0 Å². The van der Waals surface area contributed by atoms with Gasteiger partial charge >= 0.3 is 0 Å². The van der Waals surface area contributed by atoms with E-state index in [0.717, 1.165) is 24.1 Å². The fourth-order valence-electron chi connectivity index (χ4n) is 3.61. The van der Waals surface area contributed by atoms with Gasteiger partial charge in [-0.05, 0) is 30.5 Å². The normalized spacial score (nSPS) is 16.3. The smallest absolute Gasteiger partial charge is 0.251 e. The Morgan fingerprint density at radius 3 is 2.71 bits per heavy atom. The number of pyridine rings is 1. The lowest BCUT2D eigenvalue weighted by atomic mass is 10.0. The molecule has 2 aromatic heterocycles. The highest BCUT2D eigenvalue weighted by molar-refractivity contribution is 5.76. The molecule has 1 aliphatic rings. The van der Waals surface area contributed by atoms with E-state index in [2.05, 4.69) is 15.0 Å². The number of aryl methyl sites for hydroxylation is 1. The van der Waals surface area contributed by atoms with Crippen molar-refractivity contribution in [3.05, 3.63) is 82.5 Å². The van der Waals surface area contributed by atoms with Crippen molar-refractivity contribution in [2.45, 2.75) is 25.2 Å². The SMILES string of the molecule is O=C(CCc1ccccc1)N1CC[C@H](c2cc(=O)[nH]c(-c3ccncc3)n2)C1. The van der Waals surface area contributed by atoms with Crippen LogP contribution in [0.5, 0.6) is 0 Å². The molecule has 6 heteroatoms. The van der Waals surface area contributed by atoms with Gasteiger partial charge in [-0.3, -0.25) is 14.6 Å². The Morgan fingerprint density at radius 2 is 1.93 bits per heavy atom. The Kier molecular flexibility index (Phi) is 5.28. The molecule has 142 valence electrons. The molecule has 1 atom stereocenters. The van der Waals surface area contributed by atoms with Crippen LogP contribution >= 0.6 is 0 Å². The number of aromatic amines is 1. The summed E-state index contributed by atoms with van der Waals surface area (Å²) in [5, 5.41) is 0. The van der Waals surface area contributed by atoms with Gasteiger partial charge in [0.15, 0.2) is 0 Å². The molecular weight excluding hydrogens is 352 g/mol. The third-order valence-electron chi connectivity index (χ3n) is 5.14. The Labute approximate surface area is 163 Å². The first kappa shape index (κ1) is 18.1. The summed E-state index contributed by atoms with van der Waals surface area (Å²) in [6.45, 7) is 1.32. The van der Waals surface area contributed by atoms with Crippen molar-refractivity contribution in [3.63, 3.8) is 0 Å². The number of hydrogen-bond acceptors (Lipinski definition) is 4. The third-order valence-corrected chi connectivity index (χ3v) is 5.14. The molecule has 0 spiro atoms. The van der Waals surface area contributed by atoms with Crippen LogP contribution in [0.1, 0.15) is 30.0 Å².